The van der Waals surface area contributed by atoms with Crippen LogP contribution in [0.2, 0.25) is 0 Å². The molecule has 0 aliphatic carbocycles. The number of pyridine rings is 2. The molecule has 0 unspecified atom stereocenters. The van der Waals surface area contributed by atoms with Gasteiger partial charge in [0.15, 0.2) is 0 Å². The van der Waals surface area contributed by atoms with Crippen LogP contribution in [-0.4, -0.2) is 9.97 Å². The van der Waals surface area contributed by atoms with E-state index in [1.807, 2.05) is 24.5 Å². The second-order valence-corrected chi connectivity index (χ2v) is 6.49. The third kappa shape index (κ3) is 3.14. The highest BCUT2D eigenvalue weighted by atomic mass is 14.7. The summed E-state index contributed by atoms with van der Waals surface area (Å²) in [4.78, 5) is 9.15. The normalized spacial score (nSPS) is 10.7. The molecule has 0 radical (unpaired) electrons. The first-order valence-electron chi connectivity index (χ1n) is 8.77. The zero-order valence-electron chi connectivity index (χ0n) is 15.0. The van der Waals surface area contributed by atoms with Crippen LogP contribution in [0, 0.1) is 13.8 Å². The van der Waals surface area contributed by atoms with Gasteiger partial charge < -0.3 is 0 Å². The minimum Gasteiger partial charge on any atom is -0.265 e. The molecule has 126 valence electrons. The minimum absolute atomic E-state index is 0.996. The highest BCUT2D eigenvalue weighted by Gasteiger charge is 2.11. The summed E-state index contributed by atoms with van der Waals surface area (Å²) in [6.07, 6.45) is 3.66. The Kier molecular flexibility index (Phi) is 4.32. The van der Waals surface area contributed by atoms with Gasteiger partial charge in [-0.1, -0.05) is 48.5 Å². The van der Waals surface area contributed by atoms with Gasteiger partial charge in [0.1, 0.15) is 0 Å². The van der Waals surface area contributed by atoms with Crippen LogP contribution in [-0.2, 0) is 0 Å². The average molecular weight is 336 g/mol. The zero-order chi connectivity index (χ0) is 17.9. The first-order valence-corrected chi connectivity index (χ1v) is 8.77. The van der Waals surface area contributed by atoms with Crippen molar-refractivity contribution in [3.05, 3.63) is 96.3 Å². The third-order valence-corrected chi connectivity index (χ3v) is 4.68. The fourth-order valence-electron chi connectivity index (χ4n) is 3.24. The maximum Gasteiger partial charge on any atom is 0.0718 e. The molecule has 0 saturated carbocycles. The van der Waals surface area contributed by atoms with Crippen molar-refractivity contribution in [1.82, 2.24) is 9.97 Å². The second-order valence-electron chi connectivity index (χ2n) is 6.49. The molecule has 4 aromatic rings. The monoisotopic (exact) mass is 336 g/mol. The highest BCUT2D eigenvalue weighted by molar-refractivity contribution is 5.78. The van der Waals surface area contributed by atoms with Crippen molar-refractivity contribution in [1.29, 1.82) is 0 Å². The molecule has 26 heavy (non-hydrogen) atoms. The van der Waals surface area contributed by atoms with Crippen molar-refractivity contribution >= 4 is 0 Å². The van der Waals surface area contributed by atoms with Crippen molar-refractivity contribution < 1.29 is 0 Å². The van der Waals surface area contributed by atoms with E-state index in [9.17, 15) is 0 Å². The van der Waals surface area contributed by atoms with E-state index in [1.54, 1.807) is 0 Å². The molecule has 2 aromatic carbocycles. The molecule has 2 heterocycles. The molecule has 2 nitrogen and oxygen atoms in total. The van der Waals surface area contributed by atoms with E-state index in [2.05, 4.69) is 79.5 Å². The van der Waals surface area contributed by atoms with Gasteiger partial charge in [-0.15, -0.1) is 0 Å². The highest BCUT2D eigenvalue weighted by Crippen LogP contribution is 2.32. The summed E-state index contributed by atoms with van der Waals surface area (Å²) in [7, 11) is 0. The van der Waals surface area contributed by atoms with E-state index in [0.717, 1.165) is 22.5 Å². The minimum atomic E-state index is 0.996. The molecule has 0 atom stereocenters. The van der Waals surface area contributed by atoms with Crippen LogP contribution in [0.5, 0.6) is 0 Å². The van der Waals surface area contributed by atoms with Gasteiger partial charge in [-0.25, -0.2) is 4.98 Å². The summed E-state index contributed by atoms with van der Waals surface area (Å²) in [6, 6.07) is 25.2. The second kappa shape index (κ2) is 6.93. The predicted octanol–water partition coefficient (Wildman–Crippen LogP) is 6.09. The summed E-state index contributed by atoms with van der Waals surface area (Å²) < 4.78 is 0. The van der Waals surface area contributed by atoms with Crippen LogP contribution in [0.1, 0.15) is 11.1 Å². The molecule has 0 amide bonds. The standard InChI is InChI=1S/C24H20N2/c1-17-7-3-5-9-21(17)23-15-20(19-11-13-25-14-12-19)16-24(26-23)22-10-6-4-8-18(22)2/h3-16H,1-2H3. The molecule has 0 aliphatic heterocycles. The number of benzene rings is 2. The molecule has 0 spiro atoms. The van der Waals surface area contributed by atoms with E-state index in [4.69, 9.17) is 4.98 Å². The van der Waals surface area contributed by atoms with Crippen molar-refractivity contribution in [3.8, 4) is 33.6 Å². The topological polar surface area (TPSA) is 25.8 Å². The van der Waals surface area contributed by atoms with Crippen molar-refractivity contribution in [3.63, 3.8) is 0 Å². The van der Waals surface area contributed by atoms with Crippen molar-refractivity contribution in [2.24, 2.45) is 0 Å². The molecular formula is C24H20N2. The van der Waals surface area contributed by atoms with E-state index in [1.165, 1.54) is 22.3 Å². The number of hydrogen-bond acceptors (Lipinski definition) is 2. The molecule has 2 aromatic heterocycles. The number of aromatic nitrogens is 2. The van der Waals surface area contributed by atoms with Crippen LogP contribution in [0.4, 0.5) is 0 Å². The lowest BCUT2D eigenvalue weighted by Crippen LogP contribution is -1.94. The van der Waals surface area contributed by atoms with E-state index in [0.29, 0.717) is 0 Å². The summed E-state index contributed by atoms with van der Waals surface area (Å²) in [5, 5.41) is 0. The van der Waals surface area contributed by atoms with Gasteiger partial charge in [-0.2, -0.15) is 0 Å². The Morgan fingerprint density at radius 3 is 1.58 bits per heavy atom. The van der Waals surface area contributed by atoms with Crippen molar-refractivity contribution in [2.75, 3.05) is 0 Å². The third-order valence-electron chi connectivity index (χ3n) is 4.68. The van der Waals surface area contributed by atoms with Crippen LogP contribution < -0.4 is 0 Å². The number of nitrogens with zero attached hydrogens (tertiary/aromatic N) is 2. The predicted molar refractivity (Wildman–Crippen MR) is 108 cm³/mol. The molecule has 0 fully saturated rings. The maximum atomic E-state index is 5.01. The lowest BCUT2D eigenvalue weighted by molar-refractivity contribution is 1.28. The van der Waals surface area contributed by atoms with Crippen LogP contribution in [0.3, 0.4) is 0 Å². The van der Waals surface area contributed by atoms with Gasteiger partial charge in [-0.05, 0) is 60.4 Å². The van der Waals surface area contributed by atoms with Gasteiger partial charge in [0.25, 0.3) is 0 Å². The first kappa shape index (κ1) is 16.2. The fourth-order valence-corrected chi connectivity index (χ4v) is 3.24. The number of rotatable bonds is 3. The Bertz CT molecular complexity index is 989. The molecule has 0 aliphatic rings. The van der Waals surface area contributed by atoms with E-state index in [-0.39, 0.29) is 0 Å². The van der Waals surface area contributed by atoms with E-state index >= 15 is 0 Å². The SMILES string of the molecule is Cc1ccccc1-c1cc(-c2ccncc2)cc(-c2ccccc2C)n1. The smallest absolute Gasteiger partial charge is 0.0718 e. The Morgan fingerprint density at radius 1 is 0.577 bits per heavy atom. The lowest BCUT2D eigenvalue weighted by atomic mass is 9.97. The fraction of sp³-hybridized carbons (Fsp3) is 0.0833. The van der Waals surface area contributed by atoms with Gasteiger partial charge >= 0.3 is 0 Å². The number of aryl methyl sites for hydroxylation is 2. The average Bonchev–Trinajstić information content (AvgIpc) is 2.69. The van der Waals surface area contributed by atoms with Crippen LogP contribution >= 0.6 is 0 Å². The summed E-state index contributed by atoms with van der Waals surface area (Å²) >= 11 is 0. The van der Waals surface area contributed by atoms with Gasteiger partial charge in [0.05, 0.1) is 11.4 Å². The van der Waals surface area contributed by atoms with Crippen LogP contribution in [0.15, 0.2) is 85.2 Å². The molecule has 0 N–H and O–H groups in total. The molecule has 0 bridgehead atoms. The first-order chi connectivity index (χ1) is 12.7. The molecule has 0 saturated heterocycles. The molecule has 4 rings (SSSR count). The summed E-state index contributed by atoms with van der Waals surface area (Å²) in [5.74, 6) is 0. The Hall–Kier alpha value is -3.26. The summed E-state index contributed by atoms with van der Waals surface area (Å²) in [6.45, 7) is 4.26. The molecular weight excluding hydrogens is 316 g/mol. The van der Waals surface area contributed by atoms with E-state index < -0.39 is 0 Å². The Balaban J connectivity index is 1.97. The lowest BCUT2D eigenvalue weighted by Gasteiger charge is -2.13. The number of hydrogen-bond donors (Lipinski definition) is 0. The molecule has 2 heteroatoms. The van der Waals surface area contributed by atoms with Gasteiger partial charge in [0.2, 0.25) is 0 Å². The maximum absolute atomic E-state index is 5.01. The van der Waals surface area contributed by atoms with Gasteiger partial charge in [0, 0.05) is 23.5 Å². The Labute approximate surface area is 154 Å². The summed E-state index contributed by atoms with van der Waals surface area (Å²) in [5.41, 5.74) is 9.07. The Morgan fingerprint density at radius 2 is 1.08 bits per heavy atom. The largest absolute Gasteiger partial charge is 0.265 e. The van der Waals surface area contributed by atoms with Gasteiger partial charge in [-0.3, -0.25) is 4.98 Å². The zero-order valence-corrected chi connectivity index (χ0v) is 15.0. The quantitative estimate of drug-likeness (QED) is 0.452. The van der Waals surface area contributed by atoms with Crippen LogP contribution in [0.25, 0.3) is 33.6 Å². The van der Waals surface area contributed by atoms with Crippen molar-refractivity contribution in [2.45, 2.75) is 13.8 Å².